The standard InChI is InChI=1S/C18H27N3O3/c1-12(2)17(22)20-9-8-14(11-20)19-18(23)21(15-6-7-15)13(3)16-5-4-10-24-16/h4-5,10,12-15H,6-9,11H2,1-3H3,(H,19,23)/t13-,14-/m0/s1. The van der Waals surface area contributed by atoms with Crippen molar-refractivity contribution in [1.82, 2.24) is 15.1 Å². The van der Waals surface area contributed by atoms with Crippen LogP contribution in [0.1, 0.15) is 51.8 Å². The molecular weight excluding hydrogens is 306 g/mol. The van der Waals surface area contributed by atoms with Crippen LogP contribution in [-0.4, -0.2) is 46.9 Å². The molecule has 1 aromatic rings. The van der Waals surface area contributed by atoms with Gasteiger partial charge in [0, 0.05) is 31.1 Å². The Morgan fingerprint density at radius 3 is 2.62 bits per heavy atom. The molecule has 2 heterocycles. The first kappa shape index (κ1) is 16.9. The molecule has 1 aromatic heterocycles. The maximum atomic E-state index is 12.8. The summed E-state index contributed by atoms with van der Waals surface area (Å²) >= 11 is 0. The number of likely N-dealkylation sites (tertiary alicyclic amines) is 1. The lowest BCUT2D eigenvalue weighted by atomic mass is 10.2. The fraction of sp³-hybridized carbons (Fsp3) is 0.667. The molecule has 1 aliphatic heterocycles. The van der Waals surface area contributed by atoms with E-state index < -0.39 is 0 Å². The summed E-state index contributed by atoms with van der Waals surface area (Å²) in [4.78, 5) is 28.6. The third-order valence-corrected chi connectivity index (χ3v) is 4.87. The van der Waals surface area contributed by atoms with Crippen LogP contribution in [0.4, 0.5) is 4.79 Å². The van der Waals surface area contributed by atoms with Gasteiger partial charge < -0.3 is 19.5 Å². The monoisotopic (exact) mass is 333 g/mol. The Morgan fingerprint density at radius 1 is 1.29 bits per heavy atom. The van der Waals surface area contributed by atoms with Crippen LogP contribution >= 0.6 is 0 Å². The van der Waals surface area contributed by atoms with E-state index >= 15 is 0 Å². The van der Waals surface area contributed by atoms with Crippen molar-refractivity contribution in [2.75, 3.05) is 13.1 Å². The fourth-order valence-electron chi connectivity index (χ4n) is 3.37. The molecule has 2 atom stereocenters. The van der Waals surface area contributed by atoms with Gasteiger partial charge in [-0.1, -0.05) is 13.8 Å². The average molecular weight is 333 g/mol. The number of hydrogen-bond acceptors (Lipinski definition) is 3. The van der Waals surface area contributed by atoms with Crippen LogP contribution < -0.4 is 5.32 Å². The third-order valence-electron chi connectivity index (χ3n) is 4.87. The van der Waals surface area contributed by atoms with E-state index in [2.05, 4.69) is 5.32 Å². The maximum Gasteiger partial charge on any atom is 0.318 e. The molecule has 1 aliphatic carbocycles. The number of nitrogens with one attached hydrogen (secondary N) is 1. The highest BCUT2D eigenvalue weighted by molar-refractivity contribution is 5.79. The van der Waals surface area contributed by atoms with Crippen molar-refractivity contribution >= 4 is 11.9 Å². The largest absolute Gasteiger partial charge is 0.467 e. The number of furan rings is 1. The highest BCUT2D eigenvalue weighted by Crippen LogP contribution is 2.34. The molecule has 0 aromatic carbocycles. The van der Waals surface area contributed by atoms with Gasteiger partial charge >= 0.3 is 6.03 Å². The smallest absolute Gasteiger partial charge is 0.318 e. The predicted octanol–water partition coefficient (Wildman–Crippen LogP) is 2.77. The zero-order valence-corrected chi connectivity index (χ0v) is 14.7. The minimum Gasteiger partial charge on any atom is -0.467 e. The first-order valence-electron chi connectivity index (χ1n) is 8.88. The molecule has 132 valence electrons. The Morgan fingerprint density at radius 2 is 2.04 bits per heavy atom. The molecule has 24 heavy (non-hydrogen) atoms. The van der Waals surface area contributed by atoms with Crippen molar-refractivity contribution in [1.29, 1.82) is 0 Å². The average Bonchev–Trinajstić information content (AvgIpc) is 3.04. The maximum absolute atomic E-state index is 12.8. The van der Waals surface area contributed by atoms with Crippen molar-refractivity contribution in [3.63, 3.8) is 0 Å². The molecule has 2 fully saturated rings. The summed E-state index contributed by atoms with van der Waals surface area (Å²) in [6.45, 7) is 7.15. The topological polar surface area (TPSA) is 65.8 Å². The summed E-state index contributed by atoms with van der Waals surface area (Å²) in [6.07, 6.45) is 4.54. The summed E-state index contributed by atoms with van der Waals surface area (Å²) < 4.78 is 5.47. The van der Waals surface area contributed by atoms with Crippen molar-refractivity contribution in [3.8, 4) is 0 Å². The molecule has 1 saturated heterocycles. The second-order valence-electron chi connectivity index (χ2n) is 7.20. The van der Waals surface area contributed by atoms with Gasteiger partial charge in [0.15, 0.2) is 0 Å². The summed E-state index contributed by atoms with van der Waals surface area (Å²) in [7, 11) is 0. The predicted molar refractivity (Wildman–Crippen MR) is 90.3 cm³/mol. The lowest BCUT2D eigenvalue weighted by Crippen LogP contribution is -2.48. The van der Waals surface area contributed by atoms with Crippen LogP contribution in [0.5, 0.6) is 0 Å². The Kier molecular flexibility index (Phi) is 4.83. The van der Waals surface area contributed by atoms with E-state index in [0.717, 1.165) is 31.6 Å². The molecule has 1 N–H and O–H groups in total. The molecule has 6 nitrogen and oxygen atoms in total. The molecule has 0 radical (unpaired) electrons. The van der Waals surface area contributed by atoms with Gasteiger partial charge in [-0.25, -0.2) is 4.79 Å². The normalized spacial score (nSPS) is 21.8. The molecule has 0 bridgehead atoms. The van der Waals surface area contributed by atoms with Crippen LogP contribution in [0.2, 0.25) is 0 Å². The van der Waals surface area contributed by atoms with E-state index in [9.17, 15) is 9.59 Å². The van der Waals surface area contributed by atoms with Gasteiger partial charge in [-0.05, 0) is 38.3 Å². The van der Waals surface area contributed by atoms with Gasteiger partial charge in [0.25, 0.3) is 0 Å². The van der Waals surface area contributed by atoms with Gasteiger partial charge in [-0.15, -0.1) is 0 Å². The van der Waals surface area contributed by atoms with Crippen LogP contribution in [0, 0.1) is 5.92 Å². The second-order valence-corrected chi connectivity index (χ2v) is 7.20. The number of nitrogens with zero attached hydrogens (tertiary/aromatic N) is 2. The number of rotatable bonds is 5. The van der Waals surface area contributed by atoms with Gasteiger partial charge in [0.1, 0.15) is 5.76 Å². The molecule has 3 rings (SSSR count). The van der Waals surface area contributed by atoms with Gasteiger partial charge in [0.05, 0.1) is 12.3 Å². The van der Waals surface area contributed by atoms with Crippen molar-refractivity contribution < 1.29 is 14.0 Å². The van der Waals surface area contributed by atoms with E-state index in [0.29, 0.717) is 12.6 Å². The quantitative estimate of drug-likeness (QED) is 0.901. The lowest BCUT2D eigenvalue weighted by Gasteiger charge is -2.29. The van der Waals surface area contributed by atoms with Gasteiger partial charge in [0.2, 0.25) is 5.91 Å². The highest BCUT2D eigenvalue weighted by Gasteiger charge is 2.38. The number of amides is 3. The van der Waals surface area contributed by atoms with Crippen LogP contribution in [0.25, 0.3) is 0 Å². The van der Waals surface area contributed by atoms with E-state index in [4.69, 9.17) is 4.42 Å². The summed E-state index contributed by atoms with van der Waals surface area (Å²) in [5.41, 5.74) is 0. The summed E-state index contributed by atoms with van der Waals surface area (Å²) in [5.74, 6) is 0.969. The van der Waals surface area contributed by atoms with Crippen LogP contribution in [-0.2, 0) is 4.79 Å². The zero-order chi connectivity index (χ0) is 17.3. The minimum absolute atomic E-state index is 0.00129. The van der Waals surface area contributed by atoms with E-state index in [1.807, 2.05) is 42.7 Å². The van der Waals surface area contributed by atoms with Crippen molar-refractivity contribution in [2.45, 2.75) is 58.2 Å². The minimum atomic E-state index is -0.0812. The first-order chi connectivity index (χ1) is 11.5. The fourth-order valence-corrected chi connectivity index (χ4v) is 3.37. The molecule has 0 spiro atoms. The van der Waals surface area contributed by atoms with Gasteiger partial charge in [-0.3, -0.25) is 4.79 Å². The van der Waals surface area contributed by atoms with Crippen LogP contribution in [0.3, 0.4) is 0 Å². The Labute approximate surface area is 143 Å². The van der Waals surface area contributed by atoms with Gasteiger partial charge in [-0.2, -0.15) is 0 Å². The van der Waals surface area contributed by atoms with E-state index in [1.54, 1.807) is 6.26 Å². The SMILES string of the molecule is CC(C)C(=O)N1CC[C@H](NC(=O)N(C2CC2)[C@@H](C)c2ccco2)C1. The summed E-state index contributed by atoms with van der Waals surface area (Å²) in [5, 5.41) is 3.12. The molecule has 6 heteroatoms. The third kappa shape index (κ3) is 3.57. The first-order valence-corrected chi connectivity index (χ1v) is 8.88. The number of carbonyl (C=O) groups is 2. The van der Waals surface area contributed by atoms with Crippen molar-refractivity contribution in [3.05, 3.63) is 24.2 Å². The molecule has 2 aliphatic rings. The number of carbonyl (C=O) groups excluding carboxylic acids is 2. The highest BCUT2D eigenvalue weighted by atomic mass is 16.3. The number of hydrogen-bond donors (Lipinski definition) is 1. The molecule has 0 unspecified atom stereocenters. The van der Waals surface area contributed by atoms with Crippen molar-refractivity contribution in [2.24, 2.45) is 5.92 Å². The Bertz CT molecular complexity index is 580. The van der Waals surface area contributed by atoms with E-state index in [1.165, 1.54) is 0 Å². The molecule has 1 saturated carbocycles. The van der Waals surface area contributed by atoms with Crippen LogP contribution in [0.15, 0.2) is 22.8 Å². The Hall–Kier alpha value is -1.98. The lowest BCUT2D eigenvalue weighted by molar-refractivity contribution is -0.133. The zero-order valence-electron chi connectivity index (χ0n) is 14.7. The molecule has 3 amide bonds. The molecular formula is C18H27N3O3. The number of urea groups is 1. The second kappa shape index (κ2) is 6.87. The Balaban J connectivity index is 1.60. The van der Waals surface area contributed by atoms with E-state index in [-0.39, 0.29) is 29.9 Å². The summed E-state index contributed by atoms with van der Waals surface area (Å²) in [6, 6.07) is 3.95.